The van der Waals surface area contributed by atoms with Crippen LogP contribution in [0.15, 0.2) is 169 Å². The molecule has 7 aromatic rings. The molecule has 1 aromatic heterocycles. The molecule has 0 amide bonds. The third-order valence-electron chi connectivity index (χ3n) is 13.8. The Kier molecular flexibility index (Phi) is 13.4. The van der Waals surface area contributed by atoms with Gasteiger partial charge in [-0.05, 0) is 82.8 Å². The molecule has 400 valence electrons. The summed E-state index contributed by atoms with van der Waals surface area (Å²) in [6.45, 7) is -2.30. The first-order valence-electron chi connectivity index (χ1n) is 23.3. The minimum atomic E-state index is -7.10. The molecule has 76 heavy (non-hydrogen) atoms. The lowest BCUT2D eigenvalue weighted by atomic mass is 9.99. The quantitative estimate of drug-likeness (QED) is 0.0894. The van der Waals surface area contributed by atoms with E-state index >= 15 is 17.6 Å². The molecule has 6 aromatic carbocycles. The van der Waals surface area contributed by atoms with Gasteiger partial charge in [0, 0.05) is 70.0 Å². The van der Waals surface area contributed by atoms with Crippen molar-refractivity contribution in [3.8, 4) is 0 Å². The zero-order valence-corrected chi connectivity index (χ0v) is 39.0. The van der Waals surface area contributed by atoms with Gasteiger partial charge in [0.15, 0.2) is 0 Å². The minimum Gasteiger partial charge on any atom is -0.360 e. The van der Waals surface area contributed by atoms with Crippen molar-refractivity contribution in [1.29, 1.82) is 0 Å². The summed E-state index contributed by atoms with van der Waals surface area (Å²) in [6, 6.07) is 35.3. The maximum absolute atomic E-state index is 15.2. The summed E-state index contributed by atoms with van der Waals surface area (Å²) < 4.78 is 255. The van der Waals surface area contributed by atoms with E-state index in [1.807, 2.05) is 4.90 Å². The van der Waals surface area contributed by atoms with Gasteiger partial charge in [-0.3, -0.25) is 0 Å². The Hall–Kier alpha value is -7.06. The van der Waals surface area contributed by atoms with E-state index in [4.69, 9.17) is 0 Å². The lowest BCUT2D eigenvalue weighted by Gasteiger charge is -2.35. The average Bonchev–Trinajstić information content (AvgIpc) is 4.05. The molecule has 1 atom stereocenters. The van der Waals surface area contributed by atoms with E-state index in [-0.39, 0.29) is 29.4 Å². The van der Waals surface area contributed by atoms with Gasteiger partial charge in [-0.25, -0.2) is 0 Å². The Morgan fingerprint density at radius 2 is 0.987 bits per heavy atom. The second-order valence-corrected chi connectivity index (χ2v) is 18.4. The average molecular weight is 1080 g/mol. The standard InChI is InChI=1S/C55H39F18N3/c56-48(57,50(60,61)52(64,65)54(68,69)70)29-31-74-41(39-19-7-11-33-13-9-21-43(74)45(33)39)27-25-35-23-24-36(47(35)76(37-15-3-1-4-16-37)38-17-5-2-6-18-38)26-28-42-40-20-8-12-34-14-10-22-44(46(34)40)75(42)32-30-49(58,59)51(62,63)53(66,67)55(71,72)73/h1-22,25-28,41H,23-24,29-32H2. The zero-order chi connectivity index (χ0) is 55.0. The molecule has 2 heterocycles. The third-order valence-corrected chi connectivity index (χ3v) is 13.8. The van der Waals surface area contributed by atoms with Crippen LogP contribution in [0.2, 0.25) is 0 Å². The smallest absolute Gasteiger partial charge is 0.360 e. The number of allylic oxidation sites excluding steroid dienone is 4. The van der Waals surface area contributed by atoms with E-state index in [9.17, 15) is 61.5 Å². The Labute approximate surface area is 420 Å². The number of aromatic nitrogens is 1. The molecule has 1 aliphatic carbocycles. The van der Waals surface area contributed by atoms with Crippen molar-refractivity contribution in [2.45, 2.75) is 86.2 Å². The Morgan fingerprint density at radius 3 is 1.54 bits per heavy atom. The number of hydrogen-bond donors (Lipinski definition) is 0. The molecule has 0 saturated heterocycles. The summed E-state index contributed by atoms with van der Waals surface area (Å²) >= 11 is 0. The van der Waals surface area contributed by atoms with Crippen LogP contribution in [-0.4, -0.2) is 59.0 Å². The lowest BCUT2D eigenvalue weighted by molar-refractivity contribution is -0.396. The van der Waals surface area contributed by atoms with Crippen molar-refractivity contribution < 1.29 is 79.0 Å². The summed E-state index contributed by atoms with van der Waals surface area (Å²) in [7, 11) is 0. The number of alkyl halides is 18. The number of aryl methyl sites for hydroxylation is 1. The van der Waals surface area contributed by atoms with Crippen LogP contribution >= 0.6 is 0 Å². The summed E-state index contributed by atoms with van der Waals surface area (Å²) in [6.07, 6.45) is -11.7. The highest BCUT2D eigenvalue weighted by molar-refractivity contribution is 6.10. The number of rotatable bonds is 16. The van der Waals surface area contributed by atoms with Crippen LogP contribution in [-0.2, 0) is 6.54 Å². The number of para-hydroxylation sites is 2. The normalized spacial score (nSPS) is 17.3. The van der Waals surface area contributed by atoms with Crippen LogP contribution in [0.5, 0.6) is 0 Å². The van der Waals surface area contributed by atoms with Crippen LogP contribution < -0.4 is 15.1 Å². The molecule has 1 unspecified atom stereocenters. The van der Waals surface area contributed by atoms with Gasteiger partial charge in [0.2, 0.25) is 0 Å². The van der Waals surface area contributed by atoms with Crippen molar-refractivity contribution in [2.75, 3.05) is 16.3 Å². The van der Waals surface area contributed by atoms with Gasteiger partial charge in [0.05, 0.1) is 11.7 Å². The van der Waals surface area contributed by atoms with Crippen LogP contribution in [0.4, 0.5) is 96.1 Å². The fraction of sp³-hybridized carbons (Fsp3) is 0.273. The molecule has 0 N–H and O–H groups in total. The number of hydrogen-bond acceptors (Lipinski definition) is 2. The molecular formula is C55H39F18N3. The highest BCUT2D eigenvalue weighted by Crippen LogP contribution is 2.56. The first kappa shape index (κ1) is 53.8. The fourth-order valence-electron chi connectivity index (χ4n) is 9.99. The second-order valence-electron chi connectivity index (χ2n) is 18.4. The van der Waals surface area contributed by atoms with Gasteiger partial charge >= 0.3 is 47.9 Å². The second kappa shape index (κ2) is 18.9. The van der Waals surface area contributed by atoms with E-state index in [1.54, 1.807) is 121 Å². The fourth-order valence-corrected chi connectivity index (χ4v) is 9.99. The SMILES string of the molecule is FC(F)(F)C(F)(F)C(F)(F)C(F)(F)CCN1c2cccc3cccc(c23)C1C=CC1=C(N(c2ccccc2)c2ccccc2)C(=CC=c2c3cccc4cccc(c43)n2CCC(F)(F)C(F)(F)C(F)(F)C(F)(F)F)CC1. The van der Waals surface area contributed by atoms with E-state index in [1.165, 1.54) is 41.3 Å². The number of nitrogens with zero attached hydrogens (tertiary/aromatic N) is 3. The van der Waals surface area contributed by atoms with Gasteiger partial charge in [0.25, 0.3) is 0 Å². The minimum absolute atomic E-state index is 0.0816. The first-order chi connectivity index (χ1) is 35.5. The Bertz CT molecular complexity index is 3390. The molecule has 0 fully saturated rings. The Balaban J connectivity index is 1.18. The molecule has 3 nitrogen and oxygen atoms in total. The van der Waals surface area contributed by atoms with Crippen molar-refractivity contribution >= 4 is 55.6 Å². The zero-order valence-electron chi connectivity index (χ0n) is 39.0. The Morgan fingerprint density at radius 1 is 0.487 bits per heavy atom. The molecular weight excluding hydrogens is 1040 g/mol. The molecule has 1 aliphatic heterocycles. The highest BCUT2D eigenvalue weighted by Gasteiger charge is 2.82. The molecule has 2 aliphatic rings. The maximum atomic E-state index is 15.2. The largest absolute Gasteiger partial charge is 0.460 e. The summed E-state index contributed by atoms with van der Waals surface area (Å²) in [5, 5.41) is 2.45. The van der Waals surface area contributed by atoms with Gasteiger partial charge in [0.1, 0.15) is 0 Å². The molecule has 0 saturated carbocycles. The van der Waals surface area contributed by atoms with Crippen LogP contribution in [0.25, 0.3) is 38.5 Å². The monoisotopic (exact) mass is 1080 g/mol. The molecule has 0 bridgehead atoms. The summed E-state index contributed by atoms with van der Waals surface area (Å²) in [4.78, 5) is 3.04. The number of halogens is 18. The summed E-state index contributed by atoms with van der Waals surface area (Å²) in [5.74, 6) is -39.6. The van der Waals surface area contributed by atoms with Crippen molar-refractivity contribution in [3.05, 3.63) is 179 Å². The van der Waals surface area contributed by atoms with E-state index in [0.29, 0.717) is 60.7 Å². The lowest BCUT2D eigenvalue weighted by Crippen LogP contribution is -2.61. The predicted octanol–water partition coefficient (Wildman–Crippen LogP) is 17.1. The molecule has 9 rings (SSSR count). The van der Waals surface area contributed by atoms with Crippen LogP contribution in [0.1, 0.15) is 37.3 Å². The molecule has 0 radical (unpaired) electrons. The van der Waals surface area contributed by atoms with Crippen LogP contribution in [0, 0.1) is 0 Å². The third kappa shape index (κ3) is 8.79. The van der Waals surface area contributed by atoms with E-state index in [2.05, 4.69) is 0 Å². The van der Waals surface area contributed by atoms with Crippen molar-refractivity contribution in [1.82, 2.24) is 4.57 Å². The maximum Gasteiger partial charge on any atom is 0.460 e. The molecule has 0 spiro atoms. The van der Waals surface area contributed by atoms with E-state index in [0.717, 1.165) is 4.57 Å². The van der Waals surface area contributed by atoms with Gasteiger partial charge in [-0.15, -0.1) is 0 Å². The van der Waals surface area contributed by atoms with Crippen molar-refractivity contribution in [2.24, 2.45) is 0 Å². The highest BCUT2D eigenvalue weighted by atomic mass is 19.4. The van der Waals surface area contributed by atoms with Gasteiger partial charge in [-0.2, -0.15) is 79.0 Å². The van der Waals surface area contributed by atoms with Gasteiger partial charge < -0.3 is 14.4 Å². The first-order valence-corrected chi connectivity index (χ1v) is 23.3. The molecule has 21 heteroatoms. The van der Waals surface area contributed by atoms with E-state index < -0.39 is 79.9 Å². The van der Waals surface area contributed by atoms with Gasteiger partial charge in [-0.1, -0.05) is 115 Å². The number of anilines is 3. The predicted molar refractivity (Wildman–Crippen MR) is 253 cm³/mol. The van der Waals surface area contributed by atoms with Crippen molar-refractivity contribution in [3.63, 3.8) is 0 Å². The topological polar surface area (TPSA) is 11.4 Å². The number of benzene rings is 6. The van der Waals surface area contributed by atoms with Crippen LogP contribution in [0.3, 0.4) is 0 Å². The summed E-state index contributed by atoms with van der Waals surface area (Å²) in [5.41, 5.74) is 3.47.